The second-order valence-corrected chi connectivity index (χ2v) is 5.44. The third-order valence-electron chi connectivity index (χ3n) is 3.00. The third kappa shape index (κ3) is 4.11. The van der Waals surface area contributed by atoms with Gasteiger partial charge in [-0.15, -0.1) is 0 Å². The molecule has 0 radical (unpaired) electrons. The number of hydrogen-bond acceptors (Lipinski definition) is 3. The monoisotopic (exact) mass is 361 g/mol. The molecule has 2 rings (SSSR count). The lowest BCUT2D eigenvalue weighted by molar-refractivity contribution is 0.0958. The van der Waals surface area contributed by atoms with Crippen LogP contribution in [0.3, 0.4) is 0 Å². The van der Waals surface area contributed by atoms with Gasteiger partial charge in [0.05, 0.1) is 7.11 Å². The quantitative estimate of drug-likeness (QED) is 0.855. The third-order valence-corrected chi connectivity index (χ3v) is 3.46. The van der Waals surface area contributed by atoms with Crippen LogP contribution >= 0.6 is 15.9 Å². The number of benzene rings is 2. The maximum absolute atomic E-state index is 11.9. The zero-order valence-electron chi connectivity index (χ0n) is 12.0. The molecule has 0 spiro atoms. The van der Waals surface area contributed by atoms with Crippen molar-refractivity contribution in [3.63, 3.8) is 0 Å². The first-order valence-electron chi connectivity index (χ1n) is 6.68. The summed E-state index contributed by atoms with van der Waals surface area (Å²) in [6.07, 6.45) is 3.50. The second-order valence-electron chi connectivity index (χ2n) is 4.52. The molecular formula is C17H16BrNO3. The van der Waals surface area contributed by atoms with Gasteiger partial charge >= 0.3 is 0 Å². The van der Waals surface area contributed by atoms with E-state index in [0.29, 0.717) is 23.4 Å². The number of halogens is 1. The van der Waals surface area contributed by atoms with E-state index in [-0.39, 0.29) is 11.7 Å². The number of hydrogen-bond donors (Lipinski definition) is 2. The molecule has 4 nitrogen and oxygen atoms in total. The number of rotatable bonds is 5. The number of aromatic hydroxyl groups is 1. The number of nitrogens with one attached hydrogen (secondary N) is 1. The molecule has 0 aliphatic carbocycles. The van der Waals surface area contributed by atoms with Gasteiger partial charge in [-0.3, -0.25) is 4.79 Å². The number of ether oxygens (including phenoxy) is 1. The minimum atomic E-state index is -0.138. The zero-order valence-corrected chi connectivity index (χ0v) is 13.6. The fourth-order valence-electron chi connectivity index (χ4n) is 1.91. The highest BCUT2D eigenvalue weighted by Crippen LogP contribution is 2.34. The first kappa shape index (κ1) is 16.1. The van der Waals surface area contributed by atoms with Crippen molar-refractivity contribution < 1.29 is 14.6 Å². The standard InChI is InChI=1S/C17H16BrNO3/c1-22-15-11-14(18)10-13(16(15)20)8-5-9-19-17(21)12-6-3-2-4-7-12/h2-8,10-11,20H,9H2,1H3,(H,19,21). The summed E-state index contributed by atoms with van der Waals surface area (Å²) in [7, 11) is 1.50. The van der Waals surface area contributed by atoms with Crippen LogP contribution < -0.4 is 10.1 Å². The summed E-state index contributed by atoms with van der Waals surface area (Å²) in [4.78, 5) is 11.9. The maximum Gasteiger partial charge on any atom is 0.251 e. The van der Waals surface area contributed by atoms with Crippen LogP contribution in [0.5, 0.6) is 11.5 Å². The van der Waals surface area contributed by atoms with Crippen LogP contribution in [-0.2, 0) is 0 Å². The molecule has 0 saturated carbocycles. The second kappa shape index (κ2) is 7.66. The average molecular weight is 362 g/mol. The Morgan fingerprint density at radius 1 is 1.32 bits per heavy atom. The van der Waals surface area contributed by atoms with Crippen molar-refractivity contribution in [1.82, 2.24) is 5.32 Å². The summed E-state index contributed by atoms with van der Waals surface area (Å²) in [6, 6.07) is 12.5. The summed E-state index contributed by atoms with van der Waals surface area (Å²) in [6.45, 7) is 0.363. The van der Waals surface area contributed by atoms with Gasteiger partial charge in [0, 0.05) is 22.1 Å². The fraction of sp³-hybridized carbons (Fsp3) is 0.118. The van der Waals surface area contributed by atoms with Crippen LogP contribution in [0.2, 0.25) is 0 Å². The minimum absolute atomic E-state index is 0.0661. The van der Waals surface area contributed by atoms with Crippen LogP contribution in [0.15, 0.2) is 53.0 Å². The van der Waals surface area contributed by atoms with Crippen molar-refractivity contribution in [2.24, 2.45) is 0 Å². The van der Waals surface area contributed by atoms with Crippen molar-refractivity contribution in [2.45, 2.75) is 0 Å². The van der Waals surface area contributed by atoms with Crippen molar-refractivity contribution >= 4 is 27.9 Å². The lowest BCUT2D eigenvalue weighted by Gasteiger charge is -2.07. The molecule has 0 aliphatic heterocycles. The maximum atomic E-state index is 11.9. The van der Waals surface area contributed by atoms with Gasteiger partial charge in [0.15, 0.2) is 11.5 Å². The van der Waals surface area contributed by atoms with Crippen molar-refractivity contribution in [3.8, 4) is 11.5 Å². The van der Waals surface area contributed by atoms with E-state index in [4.69, 9.17) is 4.74 Å². The van der Waals surface area contributed by atoms with E-state index in [2.05, 4.69) is 21.2 Å². The Bertz CT molecular complexity index is 684. The van der Waals surface area contributed by atoms with Gasteiger partial charge in [-0.1, -0.05) is 46.3 Å². The first-order chi connectivity index (χ1) is 10.6. The highest BCUT2D eigenvalue weighted by atomic mass is 79.9. The van der Waals surface area contributed by atoms with Crippen LogP contribution in [0.1, 0.15) is 15.9 Å². The summed E-state index contributed by atoms with van der Waals surface area (Å²) in [5.41, 5.74) is 1.23. The highest BCUT2D eigenvalue weighted by Gasteiger charge is 2.07. The molecule has 2 N–H and O–H groups in total. The van der Waals surface area contributed by atoms with E-state index in [0.717, 1.165) is 4.47 Å². The molecule has 0 bridgehead atoms. The van der Waals surface area contributed by atoms with Gasteiger partial charge in [-0.05, 0) is 24.3 Å². The molecule has 0 fully saturated rings. The Kier molecular flexibility index (Phi) is 5.61. The number of methoxy groups -OCH3 is 1. The van der Waals surface area contributed by atoms with Crippen LogP contribution in [0.25, 0.3) is 6.08 Å². The molecule has 0 aliphatic rings. The van der Waals surface area contributed by atoms with Gasteiger partial charge < -0.3 is 15.2 Å². The molecule has 0 atom stereocenters. The molecule has 5 heteroatoms. The van der Waals surface area contributed by atoms with E-state index in [1.54, 1.807) is 36.4 Å². The topological polar surface area (TPSA) is 58.6 Å². The Morgan fingerprint density at radius 2 is 2.05 bits per heavy atom. The molecular weight excluding hydrogens is 346 g/mol. The van der Waals surface area contributed by atoms with Crippen molar-refractivity contribution in [3.05, 3.63) is 64.1 Å². The van der Waals surface area contributed by atoms with Gasteiger partial charge in [0.1, 0.15) is 0 Å². The number of carbonyl (C=O) groups excluding carboxylic acids is 1. The number of phenolic OH excluding ortho intramolecular Hbond substituents is 1. The predicted octanol–water partition coefficient (Wildman–Crippen LogP) is 3.61. The first-order valence-corrected chi connectivity index (χ1v) is 7.47. The fourth-order valence-corrected chi connectivity index (χ4v) is 2.36. The Labute approximate surface area is 137 Å². The van der Waals surface area contributed by atoms with Crippen molar-refractivity contribution in [2.75, 3.05) is 13.7 Å². The Hall–Kier alpha value is -2.27. The molecule has 22 heavy (non-hydrogen) atoms. The van der Waals surface area contributed by atoms with Gasteiger partial charge in [0.2, 0.25) is 0 Å². The Morgan fingerprint density at radius 3 is 2.73 bits per heavy atom. The molecule has 1 amide bonds. The van der Waals surface area contributed by atoms with Gasteiger partial charge in [0.25, 0.3) is 5.91 Å². The molecule has 2 aromatic rings. The smallest absolute Gasteiger partial charge is 0.251 e. The molecule has 0 unspecified atom stereocenters. The van der Waals surface area contributed by atoms with E-state index in [1.807, 2.05) is 18.2 Å². The summed E-state index contributed by atoms with van der Waals surface area (Å²) in [5.74, 6) is 0.319. The molecule has 0 heterocycles. The van der Waals surface area contributed by atoms with E-state index in [1.165, 1.54) is 7.11 Å². The molecule has 114 valence electrons. The molecule has 2 aromatic carbocycles. The van der Waals surface area contributed by atoms with Crippen molar-refractivity contribution in [1.29, 1.82) is 0 Å². The van der Waals surface area contributed by atoms with Gasteiger partial charge in [-0.25, -0.2) is 0 Å². The Balaban J connectivity index is 1.99. The average Bonchev–Trinajstić information content (AvgIpc) is 2.54. The zero-order chi connectivity index (χ0) is 15.9. The molecule has 0 saturated heterocycles. The summed E-state index contributed by atoms with van der Waals surface area (Å²) >= 11 is 3.36. The number of phenols is 1. The van der Waals surface area contributed by atoms with E-state index in [9.17, 15) is 9.90 Å². The highest BCUT2D eigenvalue weighted by molar-refractivity contribution is 9.10. The normalized spacial score (nSPS) is 10.6. The largest absolute Gasteiger partial charge is 0.504 e. The summed E-state index contributed by atoms with van der Waals surface area (Å²) < 4.78 is 5.89. The van der Waals surface area contributed by atoms with Crippen LogP contribution in [0, 0.1) is 0 Å². The molecule has 0 aromatic heterocycles. The number of amides is 1. The lowest BCUT2D eigenvalue weighted by atomic mass is 10.1. The summed E-state index contributed by atoms with van der Waals surface area (Å²) in [5, 5.41) is 12.8. The van der Waals surface area contributed by atoms with E-state index < -0.39 is 0 Å². The van der Waals surface area contributed by atoms with E-state index >= 15 is 0 Å². The SMILES string of the molecule is COc1cc(Br)cc(C=CCNC(=O)c2ccccc2)c1O. The van der Waals surface area contributed by atoms with Gasteiger partial charge in [-0.2, -0.15) is 0 Å². The minimum Gasteiger partial charge on any atom is -0.504 e. The number of carbonyl (C=O) groups is 1. The van der Waals surface area contributed by atoms with Crippen LogP contribution in [-0.4, -0.2) is 24.7 Å². The van der Waals surface area contributed by atoms with Crippen LogP contribution in [0.4, 0.5) is 0 Å². The lowest BCUT2D eigenvalue weighted by Crippen LogP contribution is -2.23. The predicted molar refractivity (Wildman–Crippen MR) is 90.2 cm³/mol.